The maximum absolute atomic E-state index is 14.5. The molecule has 0 aromatic heterocycles. The number of anilines is 2. The molecule has 5 aromatic rings. The average Bonchev–Trinajstić information content (AvgIpc) is 3.09. The van der Waals surface area contributed by atoms with Gasteiger partial charge in [-0.3, -0.25) is 4.79 Å². The lowest BCUT2D eigenvalue weighted by atomic mass is 10.00. The number of hydrogen-bond donors (Lipinski definition) is 1. The third kappa shape index (κ3) is 8.31. The summed E-state index contributed by atoms with van der Waals surface area (Å²) in [5.41, 5.74) is 3.80. The van der Waals surface area contributed by atoms with Gasteiger partial charge >= 0.3 is 5.97 Å². The molecule has 0 saturated carbocycles. The summed E-state index contributed by atoms with van der Waals surface area (Å²) >= 11 is 6.48. The molecule has 0 aliphatic rings. The second-order valence-electron chi connectivity index (χ2n) is 10.6. The first kappa shape index (κ1) is 32.3. The summed E-state index contributed by atoms with van der Waals surface area (Å²) in [6.45, 7) is 1.13. The highest BCUT2D eigenvalue weighted by atomic mass is 35.5. The molecule has 5 rings (SSSR count). The third-order valence-corrected chi connectivity index (χ3v) is 7.85. The first-order chi connectivity index (χ1) is 22.4. The van der Waals surface area contributed by atoms with Gasteiger partial charge in [0.15, 0.2) is 5.78 Å². The second kappa shape index (κ2) is 15.7. The van der Waals surface area contributed by atoms with E-state index in [2.05, 4.69) is 5.32 Å². The lowest BCUT2D eigenvalue weighted by Crippen LogP contribution is -2.33. The third-order valence-electron chi connectivity index (χ3n) is 7.53. The monoisotopic (exact) mass is 636 g/mol. The van der Waals surface area contributed by atoms with Crippen LogP contribution in [0.4, 0.5) is 15.8 Å². The summed E-state index contributed by atoms with van der Waals surface area (Å²) < 4.78 is 25.6. The van der Waals surface area contributed by atoms with E-state index in [1.807, 2.05) is 77.7 Å². The molecule has 1 N–H and O–H groups in total. The molecule has 1 unspecified atom stereocenters. The molecule has 0 spiro atoms. The first-order valence-electron chi connectivity index (χ1n) is 14.9. The smallest absolute Gasteiger partial charge is 0.328 e. The van der Waals surface area contributed by atoms with E-state index in [1.54, 1.807) is 48.5 Å². The van der Waals surface area contributed by atoms with Crippen molar-refractivity contribution in [1.29, 1.82) is 0 Å². The maximum Gasteiger partial charge on any atom is 0.328 e. The summed E-state index contributed by atoms with van der Waals surface area (Å²) in [5.74, 6) is -0.218. The van der Waals surface area contributed by atoms with Gasteiger partial charge in [-0.15, -0.1) is 0 Å². The van der Waals surface area contributed by atoms with Gasteiger partial charge < -0.3 is 19.7 Å². The van der Waals surface area contributed by atoms with Gasteiger partial charge in [0.2, 0.25) is 0 Å². The molecule has 0 bridgehead atoms. The van der Waals surface area contributed by atoms with E-state index in [4.69, 9.17) is 21.1 Å². The fraction of sp³-hybridized carbons (Fsp3) is 0.158. The molecule has 6 nitrogen and oxygen atoms in total. The van der Waals surface area contributed by atoms with Crippen LogP contribution in [0.25, 0.3) is 0 Å². The van der Waals surface area contributed by atoms with Gasteiger partial charge in [0.25, 0.3) is 0 Å². The highest BCUT2D eigenvalue weighted by molar-refractivity contribution is 6.33. The maximum atomic E-state index is 14.5. The number of esters is 1. The molecule has 0 aliphatic carbocycles. The van der Waals surface area contributed by atoms with Gasteiger partial charge in [-0.05, 0) is 48.0 Å². The zero-order valence-corrected chi connectivity index (χ0v) is 26.1. The van der Waals surface area contributed by atoms with E-state index in [1.165, 1.54) is 13.2 Å². The molecule has 0 amide bonds. The van der Waals surface area contributed by atoms with E-state index < -0.39 is 12.0 Å². The molecule has 0 fully saturated rings. The Morgan fingerprint density at radius 1 is 0.826 bits per heavy atom. The number of rotatable bonds is 14. The number of hydrogen-bond acceptors (Lipinski definition) is 6. The van der Waals surface area contributed by atoms with Crippen LogP contribution in [0.5, 0.6) is 5.75 Å². The van der Waals surface area contributed by atoms with Gasteiger partial charge in [0, 0.05) is 35.3 Å². The molecule has 234 valence electrons. The van der Waals surface area contributed by atoms with Crippen LogP contribution in [0.15, 0.2) is 127 Å². The van der Waals surface area contributed by atoms with Crippen LogP contribution < -0.4 is 15.0 Å². The van der Waals surface area contributed by atoms with Crippen molar-refractivity contribution in [1.82, 2.24) is 0 Å². The van der Waals surface area contributed by atoms with Crippen molar-refractivity contribution in [3.05, 3.63) is 160 Å². The molecule has 8 heteroatoms. The minimum Gasteiger partial charge on any atom is -0.492 e. The van der Waals surface area contributed by atoms with E-state index >= 15 is 0 Å². The summed E-state index contributed by atoms with van der Waals surface area (Å²) in [4.78, 5) is 28.0. The number of benzene rings is 5. The zero-order chi connectivity index (χ0) is 32.3. The standard InChI is InChI=1S/C38H34ClFN2O4/c1-45-38(44)35(41-34-17-9-6-14-31(34)37(43)28-11-3-2-4-12-28)25-27-19-21-30(22-20-27)46-24-23-42(36-18-10-7-15-32(36)39)26-29-13-5-8-16-33(29)40/h2-22,35,41H,23-26H2,1H3. The molecule has 46 heavy (non-hydrogen) atoms. The van der Waals surface area contributed by atoms with Crippen LogP contribution in [-0.2, 0) is 22.5 Å². The van der Waals surface area contributed by atoms with Crippen molar-refractivity contribution in [2.75, 3.05) is 30.5 Å². The van der Waals surface area contributed by atoms with Crippen molar-refractivity contribution in [2.45, 2.75) is 19.0 Å². The lowest BCUT2D eigenvalue weighted by molar-refractivity contribution is -0.141. The van der Waals surface area contributed by atoms with Crippen molar-refractivity contribution >= 4 is 34.7 Å². The summed E-state index contributed by atoms with van der Waals surface area (Å²) in [6, 6.07) is 37.0. The summed E-state index contributed by atoms with van der Waals surface area (Å²) in [5, 5.41) is 3.81. The molecule has 0 radical (unpaired) electrons. The van der Waals surface area contributed by atoms with Crippen molar-refractivity contribution < 1.29 is 23.5 Å². The number of carbonyl (C=O) groups excluding carboxylic acids is 2. The van der Waals surface area contributed by atoms with Crippen LogP contribution in [0.1, 0.15) is 27.0 Å². The topological polar surface area (TPSA) is 67.9 Å². The Bertz CT molecular complexity index is 1760. The van der Waals surface area contributed by atoms with Crippen LogP contribution in [0, 0.1) is 5.82 Å². The van der Waals surface area contributed by atoms with Crippen LogP contribution >= 0.6 is 11.6 Å². The number of ketones is 1. The van der Waals surface area contributed by atoms with Crippen molar-refractivity contribution in [2.24, 2.45) is 0 Å². The average molecular weight is 637 g/mol. The number of methoxy groups -OCH3 is 1. The predicted octanol–water partition coefficient (Wildman–Crippen LogP) is 7.99. The number of carbonyl (C=O) groups is 2. The Morgan fingerprint density at radius 2 is 1.50 bits per heavy atom. The second-order valence-corrected chi connectivity index (χ2v) is 11.0. The van der Waals surface area contributed by atoms with E-state index in [-0.39, 0.29) is 11.6 Å². The summed E-state index contributed by atoms with van der Waals surface area (Å²) in [7, 11) is 1.34. The molecule has 5 aromatic carbocycles. The number of nitrogens with zero attached hydrogens (tertiary/aromatic N) is 1. The van der Waals surface area contributed by atoms with Crippen molar-refractivity contribution in [3.63, 3.8) is 0 Å². The SMILES string of the molecule is COC(=O)C(Cc1ccc(OCCN(Cc2ccccc2F)c2ccccc2Cl)cc1)Nc1ccccc1C(=O)c1ccccc1. The highest BCUT2D eigenvalue weighted by Crippen LogP contribution is 2.27. The Morgan fingerprint density at radius 3 is 2.24 bits per heavy atom. The Kier molecular flexibility index (Phi) is 11.0. The molecule has 0 aliphatic heterocycles. The Balaban J connectivity index is 1.24. The largest absolute Gasteiger partial charge is 0.492 e. The van der Waals surface area contributed by atoms with Gasteiger partial charge in [0.05, 0.1) is 24.4 Å². The van der Waals surface area contributed by atoms with Gasteiger partial charge in [0.1, 0.15) is 24.2 Å². The van der Waals surface area contributed by atoms with E-state index in [0.717, 1.165) is 11.3 Å². The van der Waals surface area contributed by atoms with E-state index in [9.17, 15) is 14.0 Å². The van der Waals surface area contributed by atoms with Crippen LogP contribution in [0.2, 0.25) is 5.02 Å². The molecule has 1 atom stereocenters. The van der Waals surface area contributed by atoms with Crippen LogP contribution in [0.3, 0.4) is 0 Å². The van der Waals surface area contributed by atoms with E-state index in [0.29, 0.717) is 59.3 Å². The van der Waals surface area contributed by atoms with Crippen molar-refractivity contribution in [3.8, 4) is 5.75 Å². The predicted molar refractivity (Wildman–Crippen MR) is 180 cm³/mol. The zero-order valence-electron chi connectivity index (χ0n) is 25.4. The van der Waals surface area contributed by atoms with Gasteiger partial charge in [-0.25, -0.2) is 9.18 Å². The molecule has 0 heterocycles. The molecular weight excluding hydrogens is 603 g/mol. The van der Waals surface area contributed by atoms with Crippen LogP contribution in [-0.4, -0.2) is 38.1 Å². The number of nitrogens with one attached hydrogen (secondary N) is 1. The highest BCUT2D eigenvalue weighted by Gasteiger charge is 2.23. The fourth-order valence-corrected chi connectivity index (χ4v) is 5.39. The normalized spacial score (nSPS) is 11.4. The molecular formula is C38H34ClFN2O4. The number of ether oxygens (including phenoxy) is 2. The number of halogens is 2. The first-order valence-corrected chi connectivity index (χ1v) is 15.3. The lowest BCUT2D eigenvalue weighted by Gasteiger charge is -2.26. The minimum atomic E-state index is -0.732. The Labute approximate surface area is 273 Å². The van der Waals surface area contributed by atoms with Gasteiger partial charge in [-0.2, -0.15) is 0 Å². The summed E-state index contributed by atoms with van der Waals surface area (Å²) in [6.07, 6.45) is 0.323. The van der Waals surface area contributed by atoms with Gasteiger partial charge in [-0.1, -0.05) is 96.5 Å². The molecule has 0 saturated heterocycles. The fourth-order valence-electron chi connectivity index (χ4n) is 5.13. The number of para-hydroxylation sites is 2. The Hall–Kier alpha value is -5.14. The minimum absolute atomic E-state index is 0.143. The quantitative estimate of drug-likeness (QED) is 0.0984.